The van der Waals surface area contributed by atoms with Crippen molar-refractivity contribution in [2.75, 3.05) is 0 Å². The molecule has 0 rings (SSSR count). The van der Waals surface area contributed by atoms with Crippen molar-refractivity contribution in [2.24, 2.45) is 0 Å². The molecule has 0 aromatic rings. The van der Waals surface area contributed by atoms with Crippen LogP contribution in [-0.4, -0.2) is 6.18 Å². The van der Waals surface area contributed by atoms with Gasteiger partial charge in [-0.05, 0) is 15.9 Å². The first-order chi connectivity index (χ1) is 3.48. The Bertz CT molecular complexity index is 106. The molecule has 0 saturated heterocycles. The van der Waals surface area contributed by atoms with Crippen LogP contribution in [0.25, 0.3) is 0 Å². The third kappa shape index (κ3) is 2.57. The van der Waals surface area contributed by atoms with E-state index in [-0.39, 0.29) is 0 Å². The highest BCUT2D eigenvalue weighted by atomic mass is 79.9. The fourth-order valence-electron chi connectivity index (χ4n) is 0.0536. The molecule has 0 fully saturated rings. The topological polar surface area (TPSA) is 0 Å². The SMILES string of the molecule is FC(F)(F)/C(Br)=[C]/Cl. The summed E-state index contributed by atoms with van der Waals surface area (Å²) in [7, 11) is 0. The molecule has 1 radical (unpaired) electrons. The minimum absolute atomic E-state index is 1.09. The Labute approximate surface area is 57.4 Å². The molecule has 47 valence electrons. The lowest BCUT2D eigenvalue weighted by molar-refractivity contribution is -0.0830. The number of hydrogen-bond donors (Lipinski definition) is 0. The van der Waals surface area contributed by atoms with Crippen LogP contribution in [0.1, 0.15) is 0 Å². The molecule has 0 unspecified atom stereocenters. The van der Waals surface area contributed by atoms with Gasteiger partial charge in [-0.1, -0.05) is 11.6 Å². The van der Waals surface area contributed by atoms with Crippen LogP contribution < -0.4 is 0 Å². The van der Waals surface area contributed by atoms with Crippen LogP contribution >= 0.6 is 27.5 Å². The van der Waals surface area contributed by atoms with Gasteiger partial charge in [-0.3, -0.25) is 0 Å². The van der Waals surface area contributed by atoms with Crippen LogP contribution in [0, 0.1) is 5.54 Å². The molecule has 0 spiro atoms. The molecule has 0 nitrogen and oxygen atoms in total. The van der Waals surface area contributed by atoms with Gasteiger partial charge < -0.3 is 0 Å². The Morgan fingerprint density at radius 3 is 1.88 bits per heavy atom. The van der Waals surface area contributed by atoms with Crippen LogP contribution in [0.2, 0.25) is 0 Å². The molecule has 0 saturated carbocycles. The minimum Gasteiger partial charge on any atom is -0.166 e. The van der Waals surface area contributed by atoms with Gasteiger partial charge in [-0.15, -0.1) is 0 Å². The lowest BCUT2D eigenvalue weighted by Gasteiger charge is -1.99. The first kappa shape index (κ1) is 8.30. The van der Waals surface area contributed by atoms with Crippen molar-refractivity contribution in [1.82, 2.24) is 0 Å². The fraction of sp³-hybridized carbons (Fsp3) is 0.333. The number of rotatable bonds is 0. The highest BCUT2D eigenvalue weighted by Gasteiger charge is 2.31. The van der Waals surface area contributed by atoms with Gasteiger partial charge in [0.15, 0.2) is 0 Å². The van der Waals surface area contributed by atoms with E-state index < -0.39 is 10.7 Å². The van der Waals surface area contributed by atoms with Gasteiger partial charge in [-0.2, -0.15) is 13.2 Å². The lowest BCUT2D eigenvalue weighted by atomic mass is 10.6. The fourth-order valence-corrected chi connectivity index (χ4v) is 0.161. The van der Waals surface area contributed by atoms with Crippen LogP contribution in [-0.2, 0) is 0 Å². The van der Waals surface area contributed by atoms with E-state index in [1.807, 2.05) is 0 Å². The van der Waals surface area contributed by atoms with Crippen LogP contribution in [0.5, 0.6) is 0 Å². The average Bonchev–Trinajstić information content (AvgIpc) is 1.62. The van der Waals surface area contributed by atoms with E-state index in [0.29, 0.717) is 0 Å². The smallest absolute Gasteiger partial charge is 0.166 e. The maximum Gasteiger partial charge on any atom is 0.424 e. The molecular weight excluding hydrogens is 208 g/mol. The number of alkyl halides is 3. The summed E-state index contributed by atoms with van der Waals surface area (Å²) in [5.41, 5.74) is 1.39. The Morgan fingerprint density at radius 2 is 1.88 bits per heavy atom. The second-order valence-corrected chi connectivity index (χ2v) is 1.89. The second kappa shape index (κ2) is 2.73. The van der Waals surface area contributed by atoms with Crippen molar-refractivity contribution in [2.45, 2.75) is 6.18 Å². The standard InChI is InChI=1S/C3BrClF3/c4-2(1-5)3(6,7)8. The number of allylic oxidation sites excluding steroid dienone is 1. The molecule has 5 heteroatoms. The van der Waals surface area contributed by atoms with Crippen molar-refractivity contribution >= 4 is 27.5 Å². The Morgan fingerprint density at radius 1 is 1.50 bits per heavy atom. The predicted molar refractivity (Wildman–Crippen MR) is 27.6 cm³/mol. The summed E-state index contributed by atoms with van der Waals surface area (Å²) in [6, 6.07) is 0. The van der Waals surface area contributed by atoms with Crippen molar-refractivity contribution in [3.63, 3.8) is 0 Å². The van der Waals surface area contributed by atoms with Crippen molar-refractivity contribution in [1.29, 1.82) is 0 Å². The zero-order valence-electron chi connectivity index (χ0n) is 3.39. The molecule has 0 aliphatic heterocycles. The average molecular weight is 208 g/mol. The van der Waals surface area contributed by atoms with Gasteiger partial charge in [0.25, 0.3) is 0 Å². The van der Waals surface area contributed by atoms with E-state index in [2.05, 4.69) is 27.5 Å². The van der Waals surface area contributed by atoms with Gasteiger partial charge in [0.1, 0.15) is 4.48 Å². The highest BCUT2D eigenvalue weighted by Crippen LogP contribution is 2.29. The van der Waals surface area contributed by atoms with Crippen molar-refractivity contribution in [3.8, 4) is 0 Å². The molecule has 0 atom stereocenters. The van der Waals surface area contributed by atoms with E-state index in [9.17, 15) is 13.2 Å². The monoisotopic (exact) mass is 207 g/mol. The van der Waals surface area contributed by atoms with E-state index >= 15 is 0 Å². The number of hydrogen-bond acceptors (Lipinski definition) is 0. The normalized spacial score (nSPS) is 14.4. The van der Waals surface area contributed by atoms with E-state index in [1.165, 1.54) is 5.54 Å². The van der Waals surface area contributed by atoms with E-state index in [4.69, 9.17) is 0 Å². The van der Waals surface area contributed by atoms with Crippen molar-refractivity contribution < 1.29 is 13.2 Å². The molecule has 0 amide bonds. The van der Waals surface area contributed by atoms with Crippen LogP contribution in [0.4, 0.5) is 13.2 Å². The molecule has 0 aliphatic rings. The first-order valence-electron chi connectivity index (χ1n) is 1.44. The van der Waals surface area contributed by atoms with Gasteiger partial charge >= 0.3 is 6.18 Å². The van der Waals surface area contributed by atoms with Gasteiger partial charge in [0, 0.05) is 0 Å². The largest absolute Gasteiger partial charge is 0.424 e. The summed E-state index contributed by atoms with van der Waals surface area (Å²) in [4.78, 5) is 0. The van der Waals surface area contributed by atoms with Gasteiger partial charge in [0.2, 0.25) is 0 Å². The zero-order chi connectivity index (χ0) is 6.78. The summed E-state index contributed by atoms with van der Waals surface area (Å²) < 4.78 is 32.6. The maximum absolute atomic E-state index is 11.2. The molecular formula is C3BrClF3. The zero-order valence-corrected chi connectivity index (χ0v) is 5.73. The lowest BCUT2D eigenvalue weighted by Crippen LogP contribution is -2.05. The molecule has 0 aliphatic carbocycles. The number of halogens is 5. The van der Waals surface area contributed by atoms with Crippen LogP contribution in [0.15, 0.2) is 4.48 Å². The van der Waals surface area contributed by atoms with Gasteiger partial charge in [0.05, 0.1) is 5.54 Å². The molecule has 0 bridgehead atoms. The summed E-state index contributed by atoms with van der Waals surface area (Å²) in [5.74, 6) is 0. The highest BCUT2D eigenvalue weighted by molar-refractivity contribution is 9.11. The molecule has 0 aromatic heterocycles. The van der Waals surface area contributed by atoms with Crippen molar-refractivity contribution in [3.05, 3.63) is 10.0 Å². The Balaban J connectivity index is 4.03. The Hall–Kier alpha value is 0.300. The van der Waals surface area contributed by atoms with Gasteiger partial charge in [-0.25, -0.2) is 0 Å². The third-order valence-corrected chi connectivity index (χ3v) is 1.40. The first-order valence-corrected chi connectivity index (χ1v) is 2.62. The van der Waals surface area contributed by atoms with E-state index in [0.717, 1.165) is 0 Å². The summed E-state index contributed by atoms with van der Waals surface area (Å²) in [6.07, 6.45) is -4.40. The summed E-state index contributed by atoms with van der Waals surface area (Å²) in [5, 5.41) is 0. The molecule has 0 N–H and O–H groups in total. The summed E-state index contributed by atoms with van der Waals surface area (Å²) in [6.45, 7) is 0. The minimum atomic E-state index is -4.40. The molecule has 0 heterocycles. The third-order valence-electron chi connectivity index (χ3n) is 0.332. The van der Waals surface area contributed by atoms with E-state index in [1.54, 1.807) is 0 Å². The quantitative estimate of drug-likeness (QED) is 0.574. The molecule has 0 aromatic carbocycles. The van der Waals surface area contributed by atoms with Crippen LogP contribution in [0.3, 0.4) is 0 Å². The Kier molecular flexibility index (Phi) is 2.83. The predicted octanol–water partition coefficient (Wildman–Crippen LogP) is 2.83. The second-order valence-electron chi connectivity index (χ2n) is 0.906. The molecule has 8 heavy (non-hydrogen) atoms. The maximum atomic E-state index is 11.2. The summed E-state index contributed by atoms with van der Waals surface area (Å²) >= 11 is 6.73.